The zero-order chi connectivity index (χ0) is 8.85. The highest BCUT2D eigenvalue weighted by molar-refractivity contribution is 14.1. The molecule has 0 bridgehead atoms. The fraction of sp³-hybridized carbons (Fsp3) is 0.500. The summed E-state index contributed by atoms with van der Waals surface area (Å²) in [5.74, 6) is -0.425. The van der Waals surface area contributed by atoms with Gasteiger partial charge in [-0.2, -0.15) is 0 Å². The van der Waals surface area contributed by atoms with Gasteiger partial charge >= 0.3 is 3.98 Å². The summed E-state index contributed by atoms with van der Waals surface area (Å²) in [4.78, 5) is 20.5. The second-order valence-corrected chi connectivity index (χ2v) is 3.23. The van der Waals surface area contributed by atoms with Crippen molar-refractivity contribution in [2.24, 2.45) is 11.5 Å². The lowest BCUT2D eigenvalue weighted by Gasteiger charge is -2.03. The molecule has 0 saturated heterocycles. The zero-order valence-corrected chi connectivity index (χ0v) is 8.42. The van der Waals surface area contributed by atoms with Crippen molar-refractivity contribution in [3.8, 4) is 0 Å². The molecule has 0 aliphatic rings. The van der Waals surface area contributed by atoms with Crippen molar-refractivity contribution >= 4 is 44.5 Å². The van der Waals surface area contributed by atoms with Crippen LogP contribution in [0.15, 0.2) is 0 Å². The Hall–Kier alpha value is -0.0200. The fourth-order valence-electron chi connectivity index (χ4n) is 0.236. The summed E-state index contributed by atoms with van der Waals surface area (Å²) in [6.45, 7) is 0. The van der Waals surface area contributed by atoms with Crippen LogP contribution in [0.1, 0.15) is 0 Å². The SMILES string of the molecule is NC(=O)C(N)CSOC(=O)I. The summed E-state index contributed by atoms with van der Waals surface area (Å²) in [5, 5.41) is 0. The highest BCUT2D eigenvalue weighted by Gasteiger charge is 2.10. The summed E-state index contributed by atoms with van der Waals surface area (Å²) in [7, 11) is 0. The second kappa shape index (κ2) is 5.61. The monoisotopic (exact) mass is 290 g/mol. The molecular weight excluding hydrogens is 283 g/mol. The molecule has 7 heteroatoms. The number of amides is 1. The van der Waals surface area contributed by atoms with Crippen molar-refractivity contribution in [2.75, 3.05) is 5.75 Å². The normalized spacial score (nSPS) is 12.2. The number of nitrogens with two attached hydrogens (primary N) is 2. The third kappa shape index (κ3) is 6.38. The molecule has 0 radical (unpaired) electrons. The van der Waals surface area contributed by atoms with E-state index in [1.165, 1.54) is 22.6 Å². The van der Waals surface area contributed by atoms with Gasteiger partial charge in [-0.25, -0.2) is 4.79 Å². The van der Waals surface area contributed by atoms with E-state index in [4.69, 9.17) is 11.5 Å². The lowest BCUT2D eigenvalue weighted by atomic mass is 10.4. The van der Waals surface area contributed by atoms with Gasteiger partial charge in [-0.1, -0.05) is 0 Å². The largest absolute Gasteiger partial charge is 0.384 e. The molecule has 0 saturated carbocycles. The van der Waals surface area contributed by atoms with Crippen LogP contribution in [-0.4, -0.2) is 21.7 Å². The van der Waals surface area contributed by atoms with Crippen LogP contribution in [0.4, 0.5) is 4.79 Å². The molecular formula is C4H7IN2O3S. The van der Waals surface area contributed by atoms with Gasteiger partial charge < -0.3 is 15.7 Å². The van der Waals surface area contributed by atoms with Crippen LogP contribution in [0.25, 0.3) is 0 Å². The minimum atomic E-state index is -0.768. The van der Waals surface area contributed by atoms with Gasteiger partial charge in [0.25, 0.3) is 0 Å². The third-order valence-electron chi connectivity index (χ3n) is 0.737. The summed E-state index contributed by atoms with van der Waals surface area (Å²) in [6, 6.07) is -0.768. The Kier molecular flexibility index (Phi) is 5.60. The molecule has 11 heavy (non-hydrogen) atoms. The number of hydrogen-bond acceptors (Lipinski definition) is 5. The molecule has 0 heterocycles. The average Bonchev–Trinajstić information content (AvgIpc) is 1.86. The number of halogens is 1. The Morgan fingerprint density at radius 2 is 2.18 bits per heavy atom. The lowest BCUT2D eigenvalue weighted by molar-refractivity contribution is -0.118. The van der Waals surface area contributed by atoms with Crippen molar-refractivity contribution < 1.29 is 13.8 Å². The zero-order valence-electron chi connectivity index (χ0n) is 5.45. The number of primary amides is 1. The average molecular weight is 290 g/mol. The Morgan fingerprint density at radius 1 is 1.64 bits per heavy atom. The van der Waals surface area contributed by atoms with Crippen LogP contribution in [0.3, 0.4) is 0 Å². The summed E-state index contributed by atoms with van der Waals surface area (Å²) in [6.07, 6.45) is 0. The van der Waals surface area contributed by atoms with Gasteiger partial charge in [0.15, 0.2) is 0 Å². The summed E-state index contributed by atoms with van der Waals surface area (Å²) >= 11 is 2.28. The Balaban J connectivity index is 3.39. The number of carbonyl (C=O) groups is 2. The van der Waals surface area contributed by atoms with Crippen molar-refractivity contribution in [1.29, 1.82) is 0 Å². The quantitative estimate of drug-likeness (QED) is 0.432. The maximum atomic E-state index is 10.3. The minimum absolute atomic E-state index is 0.185. The first-order chi connectivity index (χ1) is 5.04. The van der Waals surface area contributed by atoms with Crippen LogP contribution in [-0.2, 0) is 8.98 Å². The van der Waals surface area contributed by atoms with Gasteiger partial charge in [0.2, 0.25) is 5.91 Å². The lowest BCUT2D eigenvalue weighted by Crippen LogP contribution is -2.38. The number of rotatable bonds is 4. The van der Waals surface area contributed by atoms with Crippen LogP contribution in [0.5, 0.6) is 0 Å². The number of carbonyl (C=O) groups excluding carboxylic acids is 2. The van der Waals surface area contributed by atoms with E-state index in [9.17, 15) is 9.59 Å². The van der Waals surface area contributed by atoms with Gasteiger partial charge in [-0.15, -0.1) is 0 Å². The van der Waals surface area contributed by atoms with E-state index in [0.717, 1.165) is 12.0 Å². The first-order valence-corrected chi connectivity index (χ1v) is 4.57. The molecule has 1 unspecified atom stereocenters. The van der Waals surface area contributed by atoms with Crippen LogP contribution in [0.2, 0.25) is 0 Å². The number of hydrogen-bond donors (Lipinski definition) is 2. The standard InChI is InChI=1S/C4H7IN2O3S/c5-4(9)10-11-1-2(6)3(7)8/h2H,1,6H2,(H2,7,8). The van der Waals surface area contributed by atoms with Crippen LogP contribution < -0.4 is 11.5 Å². The summed E-state index contributed by atoms with van der Waals surface area (Å²) in [5.41, 5.74) is 10.0. The molecule has 1 atom stereocenters. The Labute approximate surface area is 81.5 Å². The van der Waals surface area contributed by atoms with E-state index in [0.29, 0.717) is 0 Å². The fourth-order valence-corrected chi connectivity index (χ4v) is 1.09. The van der Waals surface area contributed by atoms with E-state index in [1.807, 2.05) is 0 Å². The van der Waals surface area contributed by atoms with E-state index in [-0.39, 0.29) is 5.75 Å². The van der Waals surface area contributed by atoms with Crippen LogP contribution in [0, 0.1) is 0 Å². The molecule has 0 aromatic carbocycles. The van der Waals surface area contributed by atoms with Crippen molar-refractivity contribution in [2.45, 2.75) is 6.04 Å². The van der Waals surface area contributed by atoms with Crippen LogP contribution >= 0.6 is 34.6 Å². The molecule has 0 aromatic heterocycles. The van der Waals surface area contributed by atoms with Gasteiger partial charge in [0.05, 0.1) is 46.4 Å². The first-order valence-electron chi connectivity index (χ1n) is 2.58. The van der Waals surface area contributed by atoms with Crippen molar-refractivity contribution in [3.63, 3.8) is 0 Å². The Morgan fingerprint density at radius 3 is 2.55 bits per heavy atom. The van der Waals surface area contributed by atoms with E-state index >= 15 is 0 Å². The molecule has 5 nitrogen and oxygen atoms in total. The highest BCUT2D eigenvalue weighted by Crippen LogP contribution is 2.07. The van der Waals surface area contributed by atoms with Gasteiger partial charge in [-0.05, 0) is 0 Å². The minimum Gasteiger partial charge on any atom is -0.384 e. The predicted octanol–water partition coefficient (Wildman–Crippen LogP) is 0.0188. The van der Waals surface area contributed by atoms with Crippen molar-refractivity contribution in [1.82, 2.24) is 0 Å². The second-order valence-electron chi connectivity index (χ2n) is 1.61. The highest BCUT2D eigenvalue weighted by atomic mass is 127. The van der Waals surface area contributed by atoms with Gasteiger partial charge in [-0.3, -0.25) is 4.79 Å². The molecule has 0 aliphatic carbocycles. The topological polar surface area (TPSA) is 95.4 Å². The maximum Gasteiger partial charge on any atom is 0.379 e. The molecule has 0 aromatic rings. The van der Waals surface area contributed by atoms with E-state index in [1.54, 1.807) is 0 Å². The summed E-state index contributed by atoms with van der Waals surface area (Å²) < 4.78 is 3.98. The van der Waals surface area contributed by atoms with E-state index in [2.05, 4.69) is 4.18 Å². The van der Waals surface area contributed by atoms with Gasteiger partial charge in [0, 0.05) is 0 Å². The third-order valence-corrected chi connectivity index (χ3v) is 2.02. The molecule has 0 fully saturated rings. The molecule has 1 amide bonds. The van der Waals surface area contributed by atoms with Crippen molar-refractivity contribution in [3.05, 3.63) is 0 Å². The molecule has 0 rings (SSSR count). The molecule has 64 valence electrons. The van der Waals surface area contributed by atoms with E-state index < -0.39 is 15.9 Å². The maximum absolute atomic E-state index is 10.3. The Bertz CT molecular complexity index is 165. The first kappa shape index (κ1) is 11.0. The smallest absolute Gasteiger partial charge is 0.379 e. The van der Waals surface area contributed by atoms with Gasteiger partial charge in [0.1, 0.15) is 0 Å². The molecule has 0 spiro atoms. The molecule has 4 N–H and O–H groups in total. The molecule has 0 aliphatic heterocycles. The predicted molar refractivity (Wildman–Crippen MR) is 50.1 cm³/mol.